The summed E-state index contributed by atoms with van der Waals surface area (Å²) < 4.78 is 25.8. The van der Waals surface area contributed by atoms with Crippen LogP contribution in [0.25, 0.3) is 0 Å². The molecule has 1 atom stereocenters. The van der Waals surface area contributed by atoms with E-state index in [0.717, 1.165) is 6.42 Å². The van der Waals surface area contributed by atoms with Crippen LogP contribution in [-0.4, -0.2) is 26.8 Å². The highest BCUT2D eigenvalue weighted by Gasteiger charge is 2.14. The number of nitrogens with two attached hydrogens (primary N) is 1. The van der Waals surface area contributed by atoms with Gasteiger partial charge < -0.3 is 5.73 Å². The van der Waals surface area contributed by atoms with E-state index in [4.69, 9.17) is 5.73 Å². The van der Waals surface area contributed by atoms with E-state index in [1.54, 1.807) is 11.3 Å². The van der Waals surface area contributed by atoms with Gasteiger partial charge in [0.15, 0.2) is 0 Å². The van der Waals surface area contributed by atoms with E-state index < -0.39 is 10.0 Å². The maximum atomic E-state index is 11.6. The third-order valence-corrected chi connectivity index (χ3v) is 4.44. The number of nitrogens with one attached hydrogen (secondary N) is 1. The van der Waals surface area contributed by atoms with Crippen LogP contribution < -0.4 is 10.5 Å². The van der Waals surface area contributed by atoms with E-state index in [2.05, 4.69) is 4.72 Å². The monoisotopic (exact) mass is 262 g/mol. The first-order valence-electron chi connectivity index (χ1n) is 5.24. The molecule has 4 nitrogen and oxygen atoms in total. The van der Waals surface area contributed by atoms with Crippen molar-refractivity contribution in [3.05, 3.63) is 22.4 Å². The van der Waals surface area contributed by atoms with Crippen LogP contribution >= 0.6 is 11.3 Å². The van der Waals surface area contributed by atoms with Crippen LogP contribution in [0.15, 0.2) is 16.8 Å². The minimum Gasteiger partial charge on any atom is -0.330 e. The molecular formula is C10H18N2O2S2. The summed E-state index contributed by atoms with van der Waals surface area (Å²) in [5.74, 6) is 0.109. The Balaban J connectivity index is 2.41. The van der Waals surface area contributed by atoms with Crippen molar-refractivity contribution in [1.29, 1.82) is 0 Å². The lowest BCUT2D eigenvalue weighted by molar-refractivity contribution is 0.558. The van der Waals surface area contributed by atoms with Crippen molar-refractivity contribution >= 4 is 21.4 Å². The van der Waals surface area contributed by atoms with Gasteiger partial charge in [-0.05, 0) is 48.7 Å². The van der Waals surface area contributed by atoms with E-state index >= 15 is 0 Å². The number of thiophene rings is 1. The largest absolute Gasteiger partial charge is 0.330 e. The summed E-state index contributed by atoms with van der Waals surface area (Å²) in [6, 6.07) is 1.94. The van der Waals surface area contributed by atoms with E-state index in [-0.39, 0.29) is 11.8 Å². The van der Waals surface area contributed by atoms with Crippen molar-refractivity contribution in [2.24, 2.45) is 5.73 Å². The van der Waals surface area contributed by atoms with Gasteiger partial charge in [0.25, 0.3) is 0 Å². The van der Waals surface area contributed by atoms with Gasteiger partial charge in [0.1, 0.15) is 0 Å². The normalized spacial score (nSPS) is 13.9. The zero-order valence-electron chi connectivity index (χ0n) is 9.35. The predicted octanol–water partition coefficient (Wildman–Crippen LogP) is 0.947. The van der Waals surface area contributed by atoms with Crippen molar-refractivity contribution in [3.8, 4) is 0 Å². The molecule has 0 aliphatic heterocycles. The summed E-state index contributed by atoms with van der Waals surface area (Å²) in [4.78, 5) is 0. The first kappa shape index (κ1) is 13.6. The number of sulfonamides is 1. The topological polar surface area (TPSA) is 72.2 Å². The molecule has 0 aromatic carbocycles. The van der Waals surface area contributed by atoms with Crippen LogP contribution in [0.5, 0.6) is 0 Å². The van der Waals surface area contributed by atoms with Crippen molar-refractivity contribution in [2.75, 3.05) is 12.3 Å². The average Bonchev–Trinajstić information content (AvgIpc) is 2.66. The van der Waals surface area contributed by atoms with Crippen LogP contribution in [0, 0.1) is 0 Å². The molecule has 0 fully saturated rings. The molecule has 6 heteroatoms. The summed E-state index contributed by atoms with van der Waals surface area (Å²) in [6.45, 7) is 2.28. The fraction of sp³-hybridized carbons (Fsp3) is 0.600. The predicted molar refractivity (Wildman–Crippen MR) is 68.1 cm³/mol. The molecule has 1 aromatic heterocycles. The molecule has 0 saturated heterocycles. The second-order valence-electron chi connectivity index (χ2n) is 3.82. The molecule has 0 radical (unpaired) electrons. The van der Waals surface area contributed by atoms with Gasteiger partial charge in [-0.2, -0.15) is 11.3 Å². The minimum absolute atomic E-state index is 0.0719. The van der Waals surface area contributed by atoms with Crippen LogP contribution in [0.3, 0.4) is 0 Å². The van der Waals surface area contributed by atoms with Gasteiger partial charge in [0.05, 0.1) is 5.75 Å². The van der Waals surface area contributed by atoms with Crippen LogP contribution in [-0.2, 0) is 16.4 Å². The van der Waals surface area contributed by atoms with Crippen LogP contribution in [0.1, 0.15) is 18.9 Å². The smallest absolute Gasteiger partial charge is 0.211 e. The highest BCUT2D eigenvalue weighted by molar-refractivity contribution is 7.89. The molecule has 92 valence electrons. The van der Waals surface area contributed by atoms with Gasteiger partial charge in [-0.1, -0.05) is 0 Å². The summed E-state index contributed by atoms with van der Waals surface area (Å²) in [5.41, 5.74) is 6.45. The maximum Gasteiger partial charge on any atom is 0.211 e. The molecule has 0 aliphatic rings. The molecule has 0 aliphatic carbocycles. The molecule has 3 N–H and O–H groups in total. The van der Waals surface area contributed by atoms with E-state index in [1.807, 2.05) is 23.8 Å². The molecule has 0 amide bonds. The summed E-state index contributed by atoms with van der Waals surface area (Å²) in [7, 11) is -3.17. The number of hydrogen-bond acceptors (Lipinski definition) is 4. The Hall–Kier alpha value is -0.430. The fourth-order valence-corrected chi connectivity index (χ4v) is 3.49. The third kappa shape index (κ3) is 5.07. The van der Waals surface area contributed by atoms with Crippen molar-refractivity contribution in [2.45, 2.75) is 25.8 Å². The summed E-state index contributed by atoms with van der Waals surface area (Å²) in [6.07, 6.45) is 1.23. The highest BCUT2D eigenvalue weighted by Crippen LogP contribution is 2.09. The van der Waals surface area contributed by atoms with Crippen molar-refractivity contribution < 1.29 is 8.42 Å². The van der Waals surface area contributed by atoms with E-state index in [0.29, 0.717) is 13.0 Å². The molecule has 1 unspecified atom stereocenters. The SMILES string of the molecule is CC(Cc1ccsc1)NS(=O)(=O)CCCN. The molecule has 16 heavy (non-hydrogen) atoms. The first-order chi connectivity index (χ1) is 7.53. The summed E-state index contributed by atoms with van der Waals surface area (Å²) >= 11 is 1.62. The standard InChI is InChI=1S/C10H18N2O2S2/c1-9(7-10-3-5-15-8-10)12-16(13,14)6-2-4-11/h3,5,8-9,12H,2,4,6-7,11H2,1H3. The third-order valence-electron chi connectivity index (χ3n) is 2.12. The Kier molecular flexibility index (Phi) is 5.40. The Bertz CT molecular complexity index is 387. The van der Waals surface area contributed by atoms with Gasteiger partial charge in [-0.15, -0.1) is 0 Å². The molecule has 1 heterocycles. The molecule has 0 saturated carbocycles. The molecular weight excluding hydrogens is 244 g/mol. The first-order valence-corrected chi connectivity index (χ1v) is 7.84. The molecule has 0 bridgehead atoms. The van der Waals surface area contributed by atoms with Crippen LogP contribution in [0.2, 0.25) is 0 Å². The van der Waals surface area contributed by atoms with E-state index in [9.17, 15) is 8.42 Å². The van der Waals surface area contributed by atoms with E-state index in [1.165, 1.54) is 5.56 Å². The summed E-state index contributed by atoms with van der Waals surface area (Å²) in [5, 5.41) is 4.02. The van der Waals surface area contributed by atoms with Gasteiger partial charge in [0, 0.05) is 6.04 Å². The fourth-order valence-electron chi connectivity index (χ4n) is 1.44. The minimum atomic E-state index is -3.17. The molecule has 1 aromatic rings. The Morgan fingerprint density at radius 1 is 1.56 bits per heavy atom. The van der Waals surface area contributed by atoms with Crippen LogP contribution in [0.4, 0.5) is 0 Å². The quantitative estimate of drug-likeness (QED) is 0.768. The lowest BCUT2D eigenvalue weighted by Crippen LogP contribution is -2.36. The lowest BCUT2D eigenvalue weighted by atomic mass is 10.1. The highest BCUT2D eigenvalue weighted by atomic mass is 32.2. The van der Waals surface area contributed by atoms with Gasteiger partial charge in [0.2, 0.25) is 10.0 Å². The van der Waals surface area contributed by atoms with Gasteiger partial charge >= 0.3 is 0 Å². The van der Waals surface area contributed by atoms with Crippen molar-refractivity contribution in [1.82, 2.24) is 4.72 Å². The lowest BCUT2D eigenvalue weighted by Gasteiger charge is -2.13. The molecule has 1 rings (SSSR count). The number of rotatable bonds is 7. The van der Waals surface area contributed by atoms with Gasteiger partial charge in [-0.25, -0.2) is 13.1 Å². The second-order valence-corrected chi connectivity index (χ2v) is 6.47. The number of hydrogen-bond donors (Lipinski definition) is 2. The average molecular weight is 262 g/mol. The molecule has 0 spiro atoms. The van der Waals surface area contributed by atoms with Crippen molar-refractivity contribution in [3.63, 3.8) is 0 Å². The maximum absolute atomic E-state index is 11.6. The van der Waals surface area contributed by atoms with Gasteiger partial charge in [-0.3, -0.25) is 0 Å². The zero-order valence-corrected chi connectivity index (χ0v) is 11.0. The second kappa shape index (κ2) is 6.34. The Morgan fingerprint density at radius 2 is 2.31 bits per heavy atom. The Morgan fingerprint density at radius 3 is 2.88 bits per heavy atom. The zero-order chi connectivity index (χ0) is 12.0. The Labute approximate surface area is 101 Å².